The average Bonchev–Trinajstić information content (AvgIpc) is 2.61. The molecule has 1 heterocycles. The summed E-state index contributed by atoms with van der Waals surface area (Å²) >= 11 is 0. The zero-order valence-electron chi connectivity index (χ0n) is 14.0. The summed E-state index contributed by atoms with van der Waals surface area (Å²) in [6.45, 7) is 4.30. The Balaban J connectivity index is 1.99. The second-order valence-electron chi connectivity index (χ2n) is 6.68. The minimum Gasteiger partial charge on any atom is -0.456 e. The maximum absolute atomic E-state index is 11.5. The van der Waals surface area contributed by atoms with Gasteiger partial charge < -0.3 is 4.74 Å². The fourth-order valence-corrected chi connectivity index (χ4v) is 3.54. The van der Waals surface area contributed by atoms with E-state index in [1.54, 1.807) is 12.1 Å². The molecule has 0 saturated carbocycles. The Morgan fingerprint density at radius 1 is 0.840 bits per heavy atom. The van der Waals surface area contributed by atoms with E-state index in [0.29, 0.717) is 11.3 Å². The molecule has 0 saturated heterocycles. The summed E-state index contributed by atoms with van der Waals surface area (Å²) in [5.74, 6) is 1.49. The van der Waals surface area contributed by atoms with Crippen LogP contribution in [0.5, 0.6) is 11.5 Å². The van der Waals surface area contributed by atoms with Crippen LogP contribution in [0.25, 0.3) is 11.1 Å². The van der Waals surface area contributed by atoms with Crippen molar-refractivity contribution in [2.24, 2.45) is 0 Å². The van der Waals surface area contributed by atoms with Crippen LogP contribution < -0.4 is 4.74 Å². The molecule has 25 heavy (non-hydrogen) atoms. The smallest absolute Gasteiger partial charge is 0.277 e. The minimum atomic E-state index is -0.351. The molecule has 0 aliphatic carbocycles. The quantitative estimate of drug-likeness (QED) is 0.447. The van der Waals surface area contributed by atoms with Gasteiger partial charge in [-0.05, 0) is 12.1 Å². The van der Waals surface area contributed by atoms with Gasteiger partial charge in [0.25, 0.3) is 5.69 Å². The third-order valence-electron chi connectivity index (χ3n) is 4.85. The summed E-state index contributed by atoms with van der Waals surface area (Å²) in [4.78, 5) is 11.1. The van der Waals surface area contributed by atoms with Gasteiger partial charge in [0.2, 0.25) is 0 Å². The number of nitrogens with zero attached hydrogens (tertiary/aromatic N) is 1. The van der Waals surface area contributed by atoms with Crippen molar-refractivity contribution < 1.29 is 9.66 Å². The molecule has 0 spiro atoms. The first-order valence-electron chi connectivity index (χ1n) is 8.15. The van der Waals surface area contributed by atoms with Crippen molar-refractivity contribution in [3.8, 4) is 22.6 Å². The predicted molar refractivity (Wildman–Crippen MR) is 97.2 cm³/mol. The molecule has 0 aromatic heterocycles. The van der Waals surface area contributed by atoms with Crippen molar-refractivity contribution in [2.75, 3.05) is 0 Å². The fourth-order valence-electron chi connectivity index (χ4n) is 3.54. The third-order valence-corrected chi connectivity index (χ3v) is 4.85. The van der Waals surface area contributed by atoms with Gasteiger partial charge >= 0.3 is 0 Å². The van der Waals surface area contributed by atoms with Gasteiger partial charge in [-0.1, -0.05) is 62.4 Å². The van der Waals surface area contributed by atoms with E-state index in [9.17, 15) is 10.1 Å². The lowest BCUT2D eigenvalue weighted by Gasteiger charge is -2.35. The molecule has 0 amide bonds. The molecule has 1 aliphatic heterocycles. The van der Waals surface area contributed by atoms with E-state index >= 15 is 0 Å². The van der Waals surface area contributed by atoms with Crippen LogP contribution in [0.2, 0.25) is 0 Å². The number of hydrogen-bond acceptors (Lipinski definition) is 3. The minimum absolute atomic E-state index is 0.0798. The lowest BCUT2D eigenvalue weighted by Crippen LogP contribution is -2.24. The molecular weight excluding hydrogens is 314 g/mol. The monoisotopic (exact) mass is 331 g/mol. The molecule has 0 unspecified atom stereocenters. The third kappa shape index (κ3) is 2.30. The molecule has 4 nitrogen and oxygen atoms in total. The highest BCUT2D eigenvalue weighted by Crippen LogP contribution is 2.51. The Labute approximate surface area is 145 Å². The maximum atomic E-state index is 11.5. The molecule has 4 heteroatoms. The van der Waals surface area contributed by atoms with Gasteiger partial charge in [-0.15, -0.1) is 0 Å². The van der Waals surface area contributed by atoms with Gasteiger partial charge in [-0.25, -0.2) is 0 Å². The van der Waals surface area contributed by atoms with Crippen LogP contribution in [0.3, 0.4) is 0 Å². The molecule has 1 aliphatic rings. The van der Waals surface area contributed by atoms with Gasteiger partial charge in [-0.2, -0.15) is 0 Å². The number of rotatable bonds is 2. The van der Waals surface area contributed by atoms with Crippen molar-refractivity contribution in [3.63, 3.8) is 0 Å². The molecule has 0 radical (unpaired) electrons. The van der Waals surface area contributed by atoms with E-state index in [1.165, 1.54) is 6.07 Å². The summed E-state index contributed by atoms with van der Waals surface area (Å²) < 4.78 is 6.21. The first-order valence-corrected chi connectivity index (χ1v) is 8.15. The van der Waals surface area contributed by atoms with Crippen molar-refractivity contribution in [1.82, 2.24) is 0 Å². The van der Waals surface area contributed by atoms with Gasteiger partial charge in [0.05, 0.1) is 10.5 Å². The predicted octanol–water partition coefficient (Wildman–Crippen LogP) is 5.69. The summed E-state index contributed by atoms with van der Waals surface area (Å²) in [6, 6.07) is 20.6. The first-order chi connectivity index (χ1) is 12.0. The second-order valence-corrected chi connectivity index (χ2v) is 6.68. The normalized spacial score (nSPS) is 14.2. The zero-order valence-corrected chi connectivity index (χ0v) is 14.0. The first kappa shape index (κ1) is 15.4. The second kappa shape index (κ2) is 5.45. The molecule has 3 aromatic rings. The molecule has 124 valence electrons. The summed E-state index contributed by atoms with van der Waals surface area (Å²) in [5.41, 5.74) is 3.29. The Morgan fingerprint density at radius 2 is 1.48 bits per heavy atom. The molecule has 4 rings (SSSR count). The molecule has 0 atom stereocenters. The van der Waals surface area contributed by atoms with Gasteiger partial charge in [0.15, 0.2) is 0 Å². The molecule has 0 N–H and O–H groups in total. The van der Waals surface area contributed by atoms with Crippen LogP contribution >= 0.6 is 0 Å². The van der Waals surface area contributed by atoms with E-state index in [4.69, 9.17) is 4.74 Å². The Morgan fingerprint density at radius 3 is 2.28 bits per heavy atom. The fraction of sp³-hybridized carbons (Fsp3) is 0.143. The molecule has 0 bridgehead atoms. The molecule has 0 fully saturated rings. The average molecular weight is 331 g/mol. The Kier molecular flexibility index (Phi) is 3.35. The van der Waals surface area contributed by atoms with Crippen molar-refractivity contribution in [1.29, 1.82) is 0 Å². The maximum Gasteiger partial charge on any atom is 0.277 e. The number of ether oxygens (including phenoxy) is 1. The van der Waals surface area contributed by atoms with E-state index in [0.717, 1.165) is 22.4 Å². The number of hydrogen-bond donors (Lipinski definition) is 0. The molecule has 3 aromatic carbocycles. The van der Waals surface area contributed by atoms with Crippen LogP contribution in [0.15, 0.2) is 66.7 Å². The van der Waals surface area contributed by atoms with E-state index < -0.39 is 0 Å². The standard InChI is InChI=1S/C21H17NO3/c1-21(2)16-10-4-6-13-19(16)25-20-15(9-7-11-17(20)21)14-8-3-5-12-18(14)22(23)24/h3-13H,1-2H3. The Bertz CT molecular complexity index is 992. The van der Waals surface area contributed by atoms with Crippen molar-refractivity contribution in [3.05, 3.63) is 88.0 Å². The summed E-state index contributed by atoms with van der Waals surface area (Å²) in [7, 11) is 0. The SMILES string of the molecule is CC1(C)c2ccccc2Oc2c(-c3ccccc3[N+](=O)[O-])cccc21. The van der Waals surface area contributed by atoms with Crippen molar-refractivity contribution in [2.45, 2.75) is 19.3 Å². The topological polar surface area (TPSA) is 52.4 Å². The number of nitro groups is 1. The summed E-state index contributed by atoms with van der Waals surface area (Å²) in [6.07, 6.45) is 0. The zero-order chi connectivity index (χ0) is 17.6. The van der Waals surface area contributed by atoms with Crippen LogP contribution in [0.4, 0.5) is 5.69 Å². The van der Waals surface area contributed by atoms with Gasteiger partial charge in [0.1, 0.15) is 11.5 Å². The number of para-hydroxylation sites is 3. The summed E-state index contributed by atoms with van der Waals surface area (Å²) in [5, 5.41) is 11.5. The molecular formula is C21H17NO3. The van der Waals surface area contributed by atoms with Crippen LogP contribution in [-0.2, 0) is 5.41 Å². The number of fused-ring (bicyclic) bond motifs is 2. The Hall–Kier alpha value is -3.14. The van der Waals surface area contributed by atoms with Crippen molar-refractivity contribution >= 4 is 5.69 Å². The van der Waals surface area contributed by atoms with Gasteiger partial charge in [0, 0.05) is 28.2 Å². The highest BCUT2D eigenvalue weighted by atomic mass is 16.6. The lowest BCUT2D eigenvalue weighted by atomic mass is 9.75. The van der Waals surface area contributed by atoms with Crippen LogP contribution in [0, 0.1) is 10.1 Å². The lowest BCUT2D eigenvalue weighted by molar-refractivity contribution is -0.384. The number of nitro benzene ring substituents is 1. The highest BCUT2D eigenvalue weighted by molar-refractivity contribution is 5.81. The van der Waals surface area contributed by atoms with Crippen LogP contribution in [0.1, 0.15) is 25.0 Å². The van der Waals surface area contributed by atoms with E-state index in [1.807, 2.05) is 42.5 Å². The largest absolute Gasteiger partial charge is 0.456 e. The van der Waals surface area contributed by atoms with Crippen LogP contribution in [-0.4, -0.2) is 4.92 Å². The number of benzene rings is 3. The van der Waals surface area contributed by atoms with Gasteiger partial charge in [-0.3, -0.25) is 10.1 Å². The van der Waals surface area contributed by atoms with E-state index in [2.05, 4.69) is 19.9 Å². The van der Waals surface area contributed by atoms with E-state index in [-0.39, 0.29) is 16.0 Å². The highest BCUT2D eigenvalue weighted by Gasteiger charge is 2.35.